The van der Waals surface area contributed by atoms with Gasteiger partial charge in [-0.15, -0.1) is 0 Å². The van der Waals surface area contributed by atoms with Gasteiger partial charge in [-0.1, -0.05) is 20.3 Å². The molecule has 1 unspecified atom stereocenters. The summed E-state index contributed by atoms with van der Waals surface area (Å²) < 4.78 is 0. The lowest BCUT2D eigenvalue weighted by Gasteiger charge is -2.37. The summed E-state index contributed by atoms with van der Waals surface area (Å²) in [6.07, 6.45) is 10.2. The summed E-state index contributed by atoms with van der Waals surface area (Å²) >= 11 is 0. The van der Waals surface area contributed by atoms with Gasteiger partial charge in [0.15, 0.2) is 0 Å². The molecule has 1 aromatic rings. The van der Waals surface area contributed by atoms with Crippen LogP contribution in [-0.2, 0) is 0 Å². The first-order chi connectivity index (χ1) is 11.1. The number of hydrogen-bond donors (Lipinski definition) is 0. The highest BCUT2D eigenvalue weighted by atomic mass is 15.2. The zero-order valence-corrected chi connectivity index (χ0v) is 15.2. The van der Waals surface area contributed by atoms with Crippen molar-refractivity contribution in [2.75, 3.05) is 31.1 Å². The molecule has 0 amide bonds. The van der Waals surface area contributed by atoms with Gasteiger partial charge in [0.05, 0.1) is 0 Å². The summed E-state index contributed by atoms with van der Waals surface area (Å²) in [6, 6.07) is 2.99. The third-order valence-corrected chi connectivity index (χ3v) is 5.33. The molecule has 2 aliphatic rings. The van der Waals surface area contributed by atoms with E-state index < -0.39 is 0 Å². The Bertz CT molecular complexity index is 506. The van der Waals surface area contributed by atoms with Crippen LogP contribution in [0.15, 0.2) is 12.3 Å². The van der Waals surface area contributed by atoms with Crippen LogP contribution in [0, 0.1) is 12.8 Å². The Labute approximate surface area is 142 Å². The van der Waals surface area contributed by atoms with Crippen molar-refractivity contribution in [3.63, 3.8) is 0 Å². The smallest absolute Gasteiger partial charge is 0.131 e. The molecular formula is C20H33N3. The lowest BCUT2D eigenvalue weighted by Crippen LogP contribution is -2.36. The highest BCUT2D eigenvalue weighted by molar-refractivity contribution is 5.48. The van der Waals surface area contributed by atoms with E-state index in [4.69, 9.17) is 4.98 Å². The summed E-state index contributed by atoms with van der Waals surface area (Å²) in [4.78, 5) is 10.1. The molecule has 0 radical (unpaired) electrons. The second kappa shape index (κ2) is 7.65. The number of nitrogens with zero attached hydrogens (tertiary/aromatic N) is 3. The monoisotopic (exact) mass is 315 g/mol. The predicted molar refractivity (Wildman–Crippen MR) is 98.0 cm³/mol. The molecule has 3 nitrogen and oxygen atoms in total. The van der Waals surface area contributed by atoms with E-state index in [-0.39, 0.29) is 0 Å². The van der Waals surface area contributed by atoms with Crippen molar-refractivity contribution >= 4 is 5.82 Å². The van der Waals surface area contributed by atoms with Crippen LogP contribution in [0.25, 0.3) is 0 Å². The van der Waals surface area contributed by atoms with Gasteiger partial charge in [0.1, 0.15) is 5.82 Å². The van der Waals surface area contributed by atoms with Gasteiger partial charge in [-0.3, -0.25) is 4.90 Å². The van der Waals surface area contributed by atoms with Crippen LogP contribution in [0.5, 0.6) is 0 Å². The lowest BCUT2D eigenvalue weighted by atomic mass is 9.94. The SMILES string of the molecule is Cc1cc(C2CCCCN2CC(C)C)cnc1N1CCCCC1. The predicted octanol–water partition coefficient (Wildman–Crippen LogP) is 4.56. The van der Waals surface area contributed by atoms with E-state index in [1.807, 2.05) is 0 Å². The van der Waals surface area contributed by atoms with Crippen molar-refractivity contribution in [2.24, 2.45) is 5.92 Å². The standard InChI is InChI=1S/C20H33N3/c1-16(2)15-23-12-8-5-9-19(23)18-13-17(3)20(21-14-18)22-10-6-4-7-11-22/h13-14,16,19H,4-12,15H2,1-3H3. The maximum atomic E-state index is 4.89. The van der Waals surface area contributed by atoms with Crippen molar-refractivity contribution in [3.8, 4) is 0 Å². The minimum absolute atomic E-state index is 0.577. The Morgan fingerprint density at radius 1 is 1.09 bits per heavy atom. The molecule has 0 saturated carbocycles. The maximum absolute atomic E-state index is 4.89. The summed E-state index contributed by atoms with van der Waals surface area (Å²) in [5, 5.41) is 0. The van der Waals surface area contributed by atoms with Gasteiger partial charge in [0.2, 0.25) is 0 Å². The van der Waals surface area contributed by atoms with Crippen molar-refractivity contribution in [2.45, 2.75) is 65.3 Å². The van der Waals surface area contributed by atoms with Crippen molar-refractivity contribution in [3.05, 3.63) is 23.4 Å². The zero-order chi connectivity index (χ0) is 16.2. The van der Waals surface area contributed by atoms with Crippen LogP contribution in [0.2, 0.25) is 0 Å². The second-order valence-corrected chi connectivity index (χ2v) is 7.86. The van der Waals surface area contributed by atoms with E-state index >= 15 is 0 Å². The molecule has 1 atom stereocenters. The Balaban J connectivity index is 1.77. The summed E-state index contributed by atoms with van der Waals surface area (Å²) in [5.41, 5.74) is 2.79. The van der Waals surface area contributed by atoms with Gasteiger partial charge >= 0.3 is 0 Å². The highest BCUT2D eigenvalue weighted by Gasteiger charge is 2.25. The molecule has 2 saturated heterocycles. The van der Waals surface area contributed by atoms with Gasteiger partial charge in [0.25, 0.3) is 0 Å². The van der Waals surface area contributed by atoms with Crippen LogP contribution in [0.4, 0.5) is 5.82 Å². The van der Waals surface area contributed by atoms with Crippen LogP contribution in [0.3, 0.4) is 0 Å². The maximum Gasteiger partial charge on any atom is 0.131 e. The number of pyridine rings is 1. The Morgan fingerprint density at radius 3 is 2.52 bits per heavy atom. The molecule has 0 spiro atoms. The molecule has 0 N–H and O–H groups in total. The number of aromatic nitrogens is 1. The van der Waals surface area contributed by atoms with Gasteiger partial charge in [-0.2, -0.15) is 0 Å². The molecule has 2 aliphatic heterocycles. The largest absolute Gasteiger partial charge is 0.356 e. The van der Waals surface area contributed by atoms with Crippen LogP contribution in [0.1, 0.15) is 69.5 Å². The number of anilines is 1. The Hall–Kier alpha value is -1.09. The second-order valence-electron chi connectivity index (χ2n) is 7.86. The summed E-state index contributed by atoms with van der Waals surface area (Å²) in [6.45, 7) is 11.7. The normalized spacial score (nSPS) is 23.5. The number of hydrogen-bond acceptors (Lipinski definition) is 3. The topological polar surface area (TPSA) is 19.4 Å². The molecule has 0 aliphatic carbocycles. The van der Waals surface area contributed by atoms with Crippen LogP contribution < -0.4 is 4.90 Å². The number of likely N-dealkylation sites (tertiary alicyclic amines) is 1. The molecule has 23 heavy (non-hydrogen) atoms. The van der Waals surface area contributed by atoms with E-state index in [0.29, 0.717) is 6.04 Å². The number of piperidine rings is 2. The van der Waals surface area contributed by atoms with Gasteiger partial charge in [-0.05, 0) is 68.7 Å². The first-order valence-corrected chi connectivity index (χ1v) is 9.60. The van der Waals surface area contributed by atoms with Crippen LogP contribution in [-0.4, -0.2) is 36.1 Å². The fourth-order valence-electron chi connectivity index (χ4n) is 4.26. The van der Waals surface area contributed by atoms with E-state index in [0.717, 1.165) is 5.92 Å². The molecule has 1 aromatic heterocycles. The Morgan fingerprint density at radius 2 is 1.83 bits per heavy atom. The molecule has 3 rings (SSSR count). The van der Waals surface area contributed by atoms with E-state index in [1.54, 1.807) is 0 Å². The molecular weight excluding hydrogens is 282 g/mol. The lowest BCUT2D eigenvalue weighted by molar-refractivity contribution is 0.132. The average Bonchev–Trinajstić information content (AvgIpc) is 2.55. The minimum atomic E-state index is 0.577. The average molecular weight is 316 g/mol. The highest BCUT2D eigenvalue weighted by Crippen LogP contribution is 2.33. The van der Waals surface area contributed by atoms with Crippen molar-refractivity contribution in [1.82, 2.24) is 9.88 Å². The van der Waals surface area contributed by atoms with Crippen molar-refractivity contribution < 1.29 is 0 Å². The molecule has 2 fully saturated rings. The van der Waals surface area contributed by atoms with Crippen LogP contribution >= 0.6 is 0 Å². The van der Waals surface area contributed by atoms with Gasteiger partial charge in [-0.25, -0.2) is 4.98 Å². The first kappa shape index (κ1) is 16.8. The third kappa shape index (κ3) is 4.06. The molecule has 128 valence electrons. The minimum Gasteiger partial charge on any atom is -0.356 e. The molecule has 3 heteroatoms. The third-order valence-electron chi connectivity index (χ3n) is 5.33. The molecule has 3 heterocycles. The summed E-state index contributed by atoms with van der Waals surface area (Å²) in [7, 11) is 0. The van der Waals surface area contributed by atoms with Gasteiger partial charge in [0, 0.05) is 31.9 Å². The number of rotatable bonds is 4. The van der Waals surface area contributed by atoms with E-state index in [2.05, 4.69) is 42.8 Å². The molecule has 0 aromatic carbocycles. The first-order valence-electron chi connectivity index (χ1n) is 9.60. The number of aryl methyl sites for hydroxylation is 1. The fourth-order valence-corrected chi connectivity index (χ4v) is 4.26. The van der Waals surface area contributed by atoms with E-state index in [9.17, 15) is 0 Å². The van der Waals surface area contributed by atoms with Crippen molar-refractivity contribution in [1.29, 1.82) is 0 Å². The van der Waals surface area contributed by atoms with E-state index in [1.165, 1.54) is 81.6 Å². The molecule has 0 bridgehead atoms. The fraction of sp³-hybridized carbons (Fsp3) is 0.750. The summed E-state index contributed by atoms with van der Waals surface area (Å²) in [5.74, 6) is 1.96. The Kier molecular flexibility index (Phi) is 5.58. The quantitative estimate of drug-likeness (QED) is 0.812. The zero-order valence-electron chi connectivity index (χ0n) is 15.2. The van der Waals surface area contributed by atoms with Gasteiger partial charge < -0.3 is 4.90 Å².